The molecule has 1 heterocycles. The van der Waals surface area contributed by atoms with Crippen molar-refractivity contribution in [1.82, 2.24) is 4.90 Å². The van der Waals surface area contributed by atoms with Gasteiger partial charge in [-0.15, -0.1) is 0 Å². The average molecular weight is 353 g/mol. The molecule has 2 atom stereocenters. The number of likely N-dealkylation sites (tertiary alicyclic amines) is 1. The zero-order chi connectivity index (χ0) is 17.7. The van der Waals surface area contributed by atoms with Crippen molar-refractivity contribution in [1.29, 1.82) is 0 Å². The molecule has 1 aromatic rings. The molecule has 0 saturated carbocycles. The van der Waals surface area contributed by atoms with E-state index in [1.165, 1.54) is 13.8 Å². The molecule has 1 N–H and O–H groups in total. The molecule has 6 nitrogen and oxygen atoms in total. The molecule has 1 saturated heterocycles. The highest BCUT2D eigenvalue weighted by atomic mass is 35.5. The number of rotatable bonds is 4. The minimum Gasteiger partial charge on any atom is -0.452 e. The van der Waals surface area contributed by atoms with Crippen molar-refractivity contribution in [2.45, 2.75) is 32.8 Å². The summed E-state index contributed by atoms with van der Waals surface area (Å²) in [6, 6.07) is 6.65. The normalized spacial score (nSPS) is 18.6. The Bertz CT molecular complexity index is 618. The molecule has 1 fully saturated rings. The van der Waals surface area contributed by atoms with Crippen LogP contribution in [0, 0.1) is 5.92 Å². The molecule has 7 heteroatoms. The van der Waals surface area contributed by atoms with Gasteiger partial charge in [-0.1, -0.05) is 11.6 Å². The zero-order valence-electron chi connectivity index (χ0n) is 13.8. The summed E-state index contributed by atoms with van der Waals surface area (Å²) in [5.74, 6) is -1.29. The number of esters is 1. The maximum atomic E-state index is 12.2. The van der Waals surface area contributed by atoms with Gasteiger partial charge in [0.15, 0.2) is 6.10 Å². The number of carbonyl (C=O) groups is 3. The third-order valence-corrected chi connectivity index (χ3v) is 4.23. The van der Waals surface area contributed by atoms with Gasteiger partial charge in [0.25, 0.3) is 5.91 Å². The molecule has 0 radical (unpaired) electrons. The first-order chi connectivity index (χ1) is 11.4. The third-order valence-electron chi connectivity index (χ3n) is 3.97. The monoisotopic (exact) mass is 352 g/mol. The molecule has 0 unspecified atom stereocenters. The Balaban J connectivity index is 1.87. The first-order valence-electron chi connectivity index (χ1n) is 7.89. The topological polar surface area (TPSA) is 75.7 Å². The van der Waals surface area contributed by atoms with Crippen molar-refractivity contribution in [2.75, 3.05) is 18.4 Å². The summed E-state index contributed by atoms with van der Waals surface area (Å²) in [4.78, 5) is 37.4. The van der Waals surface area contributed by atoms with Crippen molar-refractivity contribution in [2.24, 2.45) is 5.92 Å². The molecular formula is C17H21ClN2O4. The van der Waals surface area contributed by atoms with E-state index in [0.29, 0.717) is 30.2 Å². The van der Waals surface area contributed by atoms with Crippen LogP contribution in [0.5, 0.6) is 0 Å². The number of hydrogen-bond donors (Lipinski definition) is 1. The predicted molar refractivity (Wildman–Crippen MR) is 90.6 cm³/mol. The SMILES string of the molecule is CC(=O)N1CCC[C@H](C(=O)O[C@H](C)C(=O)Nc2ccc(Cl)cc2)C1. The fourth-order valence-corrected chi connectivity index (χ4v) is 2.68. The summed E-state index contributed by atoms with van der Waals surface area (Å²) in [6.07, 6.45) is 0.500. The molecule has 1 aromatic carbocycles. The van der Waals surface area contributed by atoms with E-state index in [2.05, 4.69) is 5.32 Å². The first-order valence-corrected chi connectivity index (χ1v) is 8.27. The lowest BCUT2D eigenvalue weighted by molar-refractivity contribution is -0.159. The molecular weight excluding hydrogens is 332 g/mol. The van der Waals surface area contributed by atoms with E-state index in [9.17, 15) is 14.4 Å². The molecule has 0 aromatic heterocycles. The number of anilines is 1. The van der Waals surface area contributed by atoms with E-state index in [1.807, 2.05) is 0 Å². The lowest BCUT2D eigenvalue weighted by Gasteiger charge is -2.31. The van der Waals surface area contributed by atoms with E-state index in [-0.39, 0.29) is 11.8 Å². The lowest BCUT2D eigenvalue weighted by atomic mass is 9.98. The van der Waals surface area contributed by atoms with E-state index < -0.39 is 18.0 Å². The second-order valence-electron chi connectivity index (χ2n) is 5.88. The van der Waals surface area contributed by atoms with E-state index in [1.54, 1.807) is 29.2 Å². The Morgan fingerprint density at radius 1 is 1.29 bits per heavy atom. The van der Waals surface area contributed by atoms with Crippen LogP contribution in [-0.2, 0) is 19.1 Å². The number of carbonyl (C=O) groups excluding carboxylic acids is 3. The molecule has 2 rings (SSSR count). The number of piperidine rings is 1. The van der Waals surface area contributed by atoms with Crippen LogP contribution in [0.15, 0.2) is 24.3 Å². The van der Waals surface area contributed by atoms with Crippen LogP contribution in [-0.4, -0.2) is 41.9 Å². The highest BCUT2D eigenvalue weighted by molar-refractivity contribution is 6.30. The highest BCUT2D eigenvalue weighted by Gasteiger charge is 2.30. The van der Waals surface area contributed by atoms with Crippen LogP contribution >= 0.6 is 11.6 Å². The molecule has 24 heavy (non-hydrogen) atoms. The molecule has 0 aliphatic carbocycles. The van der Waals surface area contributed by atoms with Crippen LogP contribution in [0.3, 0.4) is 0 Å². The van der Waals surface area contributed by atoms with Gasteiger partial charge in [-0.2, -0.15) is 0 Å². The highest BCUT2D eigenvalue weighted by Crippen LogP contribution is 2.19. The summed E-state index contributed by atoms with van der Waals surface area (Å²) >= 11 is 5.79. The van der Waals surface area contributed by atoms with Gasteiger partial charge < -0.3 is 15.0 Å². The van der Waals surface area contributed by atoms with Crippen LogP contribution in [0.4, 0.5) is 5.69 Å². The smallest absolute Gasteiger partial charge is 0.311 e. The second-order valence-corrected chi connectivity index (χ2v) is 6.32. The van der Waals surface area contributed by atoms with Gasteiger partial charge in [0, 0.05) is 30.7 Å². The number of ether oxygens (including phenoxy) is 1. The van der Waals surface area contributed by atoms with Crippen LogP contribution in [0.1, 0.15) is 26.7 Å². The first kappa shape index (κ1) is 18.3. The molecule has 1 aliphatic heterocycles. The summed E-state index contributed by atoms with van der Waals surface area (Å²) in [7, 11) is 0. The van der Waals surface area contributed by atoms with E-state index in [4.69, 9.17) is 16.3 Å². The molecule has 1 aliphatic rings. The Hall–Kier alpha value is -2.08. The standard InChI is InChI=1S/C17H21ClN2O4/c1-11(16(22)19-15-7-5-14(18)6-8-15)24-17(23)13-4-3-9-20(10-13)12(2)21/h5-8,11,13H,3-4,9-10H2,1-2H3,(H,19,22)/t11-,13+/m1/s1. The number of nitrogens with one attached hydrogen (secondary N) is 1. The van der Waals surface area contributed by atoms with Crippen molar-refractivity contribution in [3.05, 3.63) is 29.3 Å². The van der Waals surface area contributed by atoms with Crippen molar-refractivity contribution >= 4 is 35.1 Å². The van der Waals surface area contributed by atoms with Gasteiger partial charge in [-0.25, -0.2) is 0 Å². The van der Waals surface area contributed by atoms with E-state index in [0.717, 1.165) is 6.42 Å². The summed E-state index contributed by atoms with van der Waals surface area (Å²) < 4.78 is 5.26. The third kappa shape index (κ3) is 4.96. The minimum absolute atomic E-state index is 0.0546. The predicted octanol–water partition coefficient (Wildman–Crippen LogP) is 2.47. The Kier molecular flexibility index (Phi) is 6.20. The van der Waals surface area contributed by atoms with Gasteiger partial charge in [0.05, 0.1) is 5.92 Å². The summed E-state index contributed by atoms with van der Waals surface area (Å²) in [6.45, 7) is 4.01. The Morgan fingerprint density at radius 3 is 2.58 bits per heavy atom. The molecule has 130 valence electrons. The van der Waals surface area contributed by atoms with Gasteiger partial charge in [-0.05, 0) is 44.0 Å². The minimum atomic E-state index is -0.916. The maximum absolute atomic E-state index is 12.2. The summed E-state index contributed by atoms with van der Waals surface area (Å²) in [5.41, 5.74) is 0.577. The summed E-state index contributed by atoms with van der Waals surface area (Å²) in [5, 5.41) is 3.23. The van der Waals surface area contributed by atoms with E-state index >= 15 is 0 Å². The fourth-order valence-electron chi connectivity index (χ4n) is 2.56. The van der Waals surface area contributed by atoms with Gasteiger partial charge in [-0.3, -0.25) is 14.4 Å². The van der Waals surface area contributed by atoms with Crippen LogP contribution in [0.25, 0.3) is 0 Å². The molecule has 2 amide bonds. The van der Waals surface area contributed by atoms with Gasteiger partial charge >= 0.3 is 5.97 Å². The number of hydrogen-bond acceptors (Lipinski definition) is 4. The quantitative estimate of drug-likeness (QED) is 0.844. The Morgan fingerprint density at radius 2 is 1.96 bits per heavy atom. The van der Waals surface area contributed by atoms with Crippen molar-refractivity contribution < 1.29 is 19.1 Å². The van der Waals surface area contributed by atoms with Crippen molar-refractivity contribution in [3.63, 3.8) is 0 Å². The van der Waals surface area contributed by atoms with Crippen LogP contribution < -0.4 is 5.32 Å². The van der Waals surface area contributed by atoms with Crippen LogP contribution in [0.2, 0.25) is 5.02 Å². The second kappa shape index (κ2) is 8.15. The zero-order valence-corrected chi connectivity index (χ0v) is 14.5. The average Bonchev–Trinajstić information content (AvgIpc) is 2.56. The maximum Gasteiger partial charge on any atom is 0.311 e. The van der Waals surface area contributed by atoms with Gasteiger partial charge in [0.2, 0.25) is 5.91 Å². The number of halogens is 1. The molecule has 0 bridgehead atoms. The Labute approximate surface area is 146 Å². The fraction of sp³-hybridized carbons (Fsp3) is 0.471. The number of benzene rings is 1. The lowest BCUT2D eigenvalue weighted by Crippen LogP contribution is -2.43. The van der Waals surface area contributed by atoms with Crippen molar-refractivity contribution in [3.8, 4) is 0 Å². The molecule has 0 spiro atoms. The largest absolute Gasteiger partial charge is 0.452 e. The number of nitrogens with zero attached hydrogens (tertiary/aromatic N) is 1. The number of amides is 2. The van der Waals surface area contributed by atoms with Gasteiger partial charge in [0.1, 0.15) is 0 Å².